The minimum absolute atomic E-state index is 0.0971. The molecule has 7 heteroatoms. The van der Waals surface area contributed by atoms with Crippen molar-refractivity contribution in [3.63, 3.8) is 0 Å². The topological polar surface area (TPSA) is 44.8 Å². The molecule has 21 heavy (non-hydrogen) atoms. The SMILES string of the molecule is CC(=O)c1ccc(OC(F)F)c2c1OC1(CCSCC1)O2. The fraction of sp³-hybridized carbons (Fsp3) is 0.500. The van der Waals surface area contributed by atoms with E-state index in [9.17, 15) is 13.6 Å². The van der Waals surface area contributed by atoms with E-state index in [0.29, 0.717) is 18.4 Å². The summed E-state index contributed by atoms with van der Waals surface area (Å²) in [7, 11) is 0. The van der Waals surface area contributed by atoms with Crippen LogP contribution < -0.4 is 14.2 Å². The van der Waals surface area contributed by atoms with Crippen LogP contribution in [0.15, 0.2) is 12.1 Å². The third kappa shape index (κ3) is 2.66. The molecule has 114 valence electrons. The van der Waals surface area contributed by atoms with Crippen LogP contribution in [0.1, 0.15) is 30.1 Å². The van der Waals surface area contributed by atoms with Crippen LogP contribution in [0.25, 0.3) is 0 Å². The summed E-state index contributed by atoms with van der Waals surface area (Å²) in [6.07, 6.45) is 1.27. The maximum atomic E-state index is 12.5. The Hall–Kier alpha value is -1.50. The van der Waals surface area contributed by atoms with Crippen molar-refractivity contribution in [3.8, 4) is 17.2 Å². The minimum atomic E-state index is -2.96. The Labute approximate surface area is 124 Å². The standard InChI is InChI=1S/C14H14F2O4S/c1-8(17)9-2-3-10(18-13(15)16)12-11(9)19-14(20-12)4-6-21-7-5-14/h2-3,13H,4-7H2,1H3. The predicted molar refractivity (Wildman–Crippen MR) is 73.6 cm³/mol. The van der Waals surface area contributed by atoms with E-state index in [4.69, 9.17) is 9.47 Å². The quantitative estimate of drug-likeness (QED) is 0.799. The Kier molecular flexibility index (Phi) is 3.69. The molecule has 1 aromatic rings. The Morgan fingerprint density at radius 1 is 1.29 bits per heavy atom. The molecule has 0 unspecified atom stereocenters. The first-order valence-corrected chi connectivity index (χ1v) is 7.75. The lowest BCUT2D eigenvalue weighted by Crippen LogP contribution is -2.42. The molecule has 0 amide bonds. The van der Waals surface area contributed by atoms with Crippen LogP contribution in [0, 0.1) is 0 Å². The maximum Gasteiger partial charge on any atom is 0.387 e. The van der Waals surface area contributed by atoms with Gasteiger partial charge in [-0.1, -0.05) is 0 Å². The number of carbonyl (C=O) groups is 1. The van der Waals surface area contributed by atoms with Gasteiger partial charge in [-0.25, -0.2) is 0 Å². The number of thioether (sulfide) groups is 1. The molecule has 0 atom stereocenters. The first-order chi connectivity index (χ1) is 10.0. The van der Waals surface area contributed by atoms with Gasteiger partial charge in [0.15, 0.2) is 17.3 Å². The Morgan fingerprint density at radius 3 is 2.57 bits per heavy atom. The molecule has 0 N–H and O–H groups in total. The van der Waals surface area contributed by atoms with Crippen LogP contribution in [0.2, 0.25) is 0 Å². The number of rotatable bonds is 3. The number of ether oxygens (including phenoxy) is 3. The van der Waals surface area contributed by atoms with Crippen molar-refractivity contribution in [3.05, 3.63) is 17.7 Å². The number of benzene rings is 1. The molecule has 0 bridgehead atoms. The van der Waals surface area contributed by atoms with Crippen LogP contribution in [0.4, 0.5) is 8.78 Å². The third-order valence-corrected chi connectivity index (χ3v) is 4.49. The first kappa shape index (κ1) is 14.4. The van der Waals surface area contributed by atoms with E-state index in [2.05, 4.69) is 4.74 Å². The summed E-state index contributed by atoms with van der Waals surface area (Å²) in [4.78, 5) is 11.7. The van der Waals surface area contributed by atoms with Gasteiger partial charge in [-0.3, -0.25) is 4.79 Å². The minimum Gasteiger partial charge on any atom is -0.447 e. The van der Waals surface area contributed by atoms with Gasteiger partial charge in [0.25, 0.3) is 5.79 Å². The first-order valence-electron chi connectivity index (χ1n) is 6.59. The van der Waals surface area contributed by atoms with Gasteiger partial charge in [0, 0.05) is 24.3 Å². The summed E-state index contributed by atoms with van der Waals surface area (Å²) in [5.74, 6) is 0.866. The molecule has 0 aromatic heterocycles. The molecule has 1 spiro atoms. The van der Waals surface area contributed by atoms with Crippen LogP contribution in [-0.2, 0) is 0 Å². The number of alkyl halides is 2. The predicted octanol–water partition coefficient (Wildman–Crippen LogP) is 3.49. The van der Waals surface area contributed by atoms with Crippen LogP contribution in [0.5, 0.6) is 17.2 Å². The molecule has 2 aliphatic rings. The summed E-state index contributed by atoms with van der Waals surface area (Å²) in [5.41, 5.74) is 0.321. The number of halogens is 2. The maximum absolute atomic E-state index is 12.5. The second-order valence-corrected chi connectivity index (χ2v) is 6.16. The second-order valence-electron chi connectivity index (χ2n) is 4.93. The Bertz CT molecular complexity index is 570. The van der Waals surface area contributed by atoms with Crippen molar-refractivity contribution < 1.29 is 27.8 Å². The third-order valence-electron chi connectivity index (χ3n) is 3.50. The van der Waals surface area contributed by atoms with Crippen molar-refractivity contribution >= 4 is 17.5 Å². The average Bonchev–Trinajstić information content (AvgIpc) is 2.78. The van der Waals surface area contributed by atoms with Crippen molar-refractivity contribution in [1.82, 2.24) is 0 Å². The second kappa shape index (κ2) is 5.36. The number of hydrogen-bond acceptors (Lipinski definition) is 5. The van der Waals surface area contributed by atoms with Gasteiger partial charge < -0.3 is 14.2 Å². The summed E-state index contributed by atoms with van der Waals surface area (Å²) in [6.45, 7) is -1.56. The van der Waals surface area contributed by atoms with Crippen molar-refractivity contribution in [1.29, 1.82) is 0 Å². The summed E-state index contributed by atoms with van der Waals surface area (Å²) in [6, 6.07) is 2.75. The van der Waals surface area contributed by atoms with Crippen molar-refractivity contribution in [2.24, 2.45) is 0 Å². The van der Waals surface area contributed by atoms with Gasteiger partial charge in [-0.2, -0.15) is 20.5 Å². The van der Waals surface area contributed by atoms with Crippen LogP contribution >= 0.6 is 11.8 Å². The van der Waals surface area contributed by atoms with Gasteiger partial charge in [-0.05, 0) is 19.1 Å². The molecule has 1 fully saturated rings. The van der Waals surface area contributed by atoms with E-state index in [0.717, 1.165) is 11.5 Å². The van der Waals surface area contributed by atoms with Gasteiger partial charge >= 0.3 is 6.61 Å². The summed E-state index contributed by atoms with van der Waals surface area (Å²) >= 11 is 1.78. The normalized spacial score (nSPS) is 19.0. The molecule has 0 saturated carbocycles. The molecule has 1 saturated heterocycles. The average molecular weight is 316 g/mol. The van der Waals surface area contributed by atoms with Crippen LogP contribution in [-0.4, -0.2) is 29.7 Å². The van der Waals surface area contributed by atoms with E-state index < -0.39 is 12.4 Å². The van der Waals surface area contributed by atoms with E-state index in [1.165, 1.54) is 19.1 Å². The van der Waals surface area contributed by atoms with Gasteiger partial charge in [0.2, 0.25) is 5.75 Å². The Balaban J connectivity index is 2.01. The van der Waals surface area contributed by atoms with Gasteiger partial charge in [-0.15, -0.1) is 0 Å². The fourth-order valence-corrected chi connectivity index (χ4v) is 3.60. The largest absolute Gasteiger partial charge is 0.447 e. The molecule has 1 aromatic carbocycles. The number of hydrogen-bond donors (Lipinski definition) is 0. The van der Waals surface area contributed by atoms with Gasteiger partial charge in [0.05, 0.1) is 5.56 Å². The number of fused-ring (bicyclic) bond motifs is 1. The van der Waals surface area contributed by atoms with Crippen molar-refractivity contribution in [2.75, 3.05) is 11.5 Å². The lowest BCUT2D eigenvalue weighted by atomic mass is 10.1. The van der Waals surface area contributed by atoms with E-state index in [-0.39, 0.29) is 23.0 Å². The molecule has 4 nitrogen and oxygen atoms in total. The highest BCUT2D eigenvalue weighted by atomic mass is 32.2. The van der Waals surface area contributed by atoms with E-state index in [1.54, 1.807) is 11.8 Å². The summed E-state index contributed by atoms with van der Waals surface area (Å²) < 4.78 is 41.1. The molecule has 0 aliphatic carbocycles. The number of Topliss-reactive ketones (excluding diaryl/α,β-unsaturated/α-hetero) is 1. The monoisotopic (exact) mass is 316 g/mol. The molecule has 0 radical (unpaired) electrons. The van der Waals surface area contributed by atoms with Crippen LogP contribution in [0.3, 0.4) is 0 Å². The van der Waals surface area contributed by atoms with Crippen molar-refractivity contribution in [2.45, 2.75) is 32.2 Å². The highest BCUT2D eigenvalue weighted by Gasteiger charge is 2.45. The molecule has 3 rings (SSSR count). The number of carbonyl (C=O) groups excluding carboxylic acids is 1. The highest BCUT2D eigenvalue weighted by Crippen LogP contribution is 2.51. The molecular formula is C14H14F2O4S. The Morgan fingerprint density at radius 2 is 1.95 bits per heavy atom. The fourth-order valence-electron chi connectivity index (χ4n) is 2.49. The lowest BCUT2D eigenvalue weighted by Gasteiger charge is -2.31. The zero-order valence-corrected chi connectivity index (χ0v) is 12.2. The smallest absolute Gasteiger partial charge is 0.387 e. The molecule has 2 aliphatic heterocycles. The molecule has 2 heterocycles. The zero-order valence-electron chi connectivity index (χ0n) is 11.4. The van der Waals surface area contributed by atoms with Gasteiger partial charge in [0.1, 0.15) is 0 Å². The van der Waals surface area contributed by atoms with E-state index >= 15 is 0 Å². The van der Waals surface area contributed by atoms with E-state index in [1.807, 2.05) is 0 Å². The molecular weight excluding hydrogens is 302 g/mol. The zero-order chi connectivity index (χ0) is 15.0. The summed E-state index contributed by atoms with van der Waals surface area (Å²) in [5, 5.41) is 0. The number of ketones is 1. The highest BCUT2D eigenvalue weighted by molar-refractivity contribution is 7.99. The lowest BCUT2D eigenvalue weighted by molar-refractivity contribution is -0.0894.